The van der Waals surface area contributed by atoms with E-state index in [0.717, 1.165) is 6.29 Å². The Hall–Kier alpha value is -4.07. The Morgan fingerprint density at radius 1 is 0.936 bits per heavy atom. The number of aldehydes is 1. The molecular formula is C34H44O12S. The molecule has 3 rings (SSSR count). The van der Waals surface area contributed by atoms with Gasteiger partial charge in [0, 0.05) is 11.8 Å². The minimum Gasteiger partial charge on any atom is -0.493 e. The number of sulfone groups is 1. The van der Waals surface area contributed by atoms with Crippen molar-refractivity contribution in [3.63, 3.8) is 0 Å². The van der Waals surface area contributed by atoms with Gasteiger partial charge in [-0.3, -0.25) is 0 Å². The van der Waals surface area contributed by atoms with E-state index in [1.165, 1.54) is 40.6 Å². The highest BCUT2D eigenvalue weighted by molar-refractivity contribution is 7.91. The summed E-state index contributed by atoms with van der Waals surface area (Å²) in [5, 5.41) is 31.2. The van der Waals surface area contributed by atoms with Crippen LogP contribution in [0.15, 0.2) is 53.0 Å². The number of allylic oxidation sites excluding steroid dienone is 2. The minimum absolute atomic E-state index is 0.0121. The molecular weight excluding hydrogens is 632 g/mol. The number of ether oxygens (including phenoxy) is 5. The van der Waals surface area contributed by atoms with Crippen molar-refractivity contribution < 1.29 is 57.0 Å². The fourth-order valence-electron chi connectivity index (χ4n) is 6.03. The zero-order chi connectivity index (χ0) is 35.0. The molecule has 1 unspecified atom stereocenters. The summed E-state index contributed by atoms with van der Waals surface area (Å²) in [6, 6.07) is 6.25. The van der Waals surface area contributed by atoms with E-state index < -0.39 is 45.1 Å². The van der Waals surface area contributed by atoms with E-state index in [1.54, 1.807) is 37.3 Å². The van der Waals surface area contributed by atoms with Crippen LogP contribution in [-0.4, -0.2) is 89.5 Å². The lowest BCUT2D eigenvalue weighted by molar-refractivity contribution is -0.149. The van der Waals surface area contributed by atoms with Crippen molar-refractivity contribution in [2.24, 2.45) is 0 Å². The Kier molecular flexibility index (Phi) is 12.5. The SMILES string of the molecule is CCCOc1c(OC)cc([C@@]2([C@@H](O)C(=O)O)C=CC(CCCC=O)(c3cc(OC)c(OC)c(OC)c3)C=C2C)cc1S(=O)(=O)CCO. The zero-order valence-corrected chi connectivity index (χ0v) is 28.4. The van der Waals surface area contributed by atoms with E-state index in [4.69, 9.17) is 23.7 Å². The number of aliphatic hydroxyl groups excluding tert-OH is 2. The largest absolute Gasteiger partial charge is 0.493 e. The summed E-state index contributed by atoms with van der Waals surface area (Å²) in [7, 11) is 1.61. The molecule has 2 aromatic rings. The normalized spacial score (nSPS) is 19.8. The molecule has 12 nitrogen and oxygen atoms in total. The van der Waals surface area contributed by atoms with E-state index in [-0.39, 0.29) is 35.0 Å². The summed E-state index contributed by atoms with van der Waals surface area (Å²) >= 11 is 0. The second-order valence-corrected chi connectivity index (χ2v) is 13.3. The summed E-state index contributed by atoms with van der Waals surface area (Å²) < 4.78 is 54.9. The maximum atomic E-state index is 13.4. The molecule has 0 radical (unpaired) electrons. The van der Waals surface area contributed by atoms with Gasteiger partial charge in [0.25, 0.3) is 0 Å². The van der Waals surface area contributed by atoms with Gasteiger partial charge in [-0.05, 0) is 61.6 Å². The van der Waals surface area contributed by atoms with Gasteiger partial charge in [0.05, 0.1) is 52.8 Å². The van der Waals surface area contributed by atoms with E-state index in [0.29, 0.717) is 47.6 Å². The van der Waals surface area contributed by atoms with Crippen LogP contribution in [0.2, 0.25) is 0 Å². The molecule has 1 aliphatic rings. The number of carbonyl (C=O) groups is 2. The maximum absolute atomic E-state index is 13.4. The number of benzene rings is 2. The van der Waals surface area contributed by atoms with Crippen molar-refractivity contribution in [2.45, 2.75) is 61.4 Å². The third kappa shape index (κ3) is 7.26. The molecule has 3 atom stereocenters. The number of unbranched alkanes of at least 4 members (excludes halogenated alkanes) is 1. The van der Waals surface area contributed by atoms with Crippen LogP contribution in [-0.2, 0) is 30.3 Å². The van der Waals surface area contributed by atoms with Gasteiger partial charge < -0.3 is 43.8 Å². The number of carbonyl (C=O) groups excluding carboxylic acids is 1. The van der Waals surface area contributed by atoms with E-state index >= 15 is 0 Å². The third-order valence-corrected chi connectivity index (χ3v) is 10.1. The molecule has 0 spiro atoms. The molecule has 0 saturated carbocycles. The average Bonchev–Trinajstić information content (AvgIpc) is 3.06. The van der Waals surface area contributed by atoms with Crippen molar-refractivity contribution in [2.75, 3.05) is 47.4 Å². The van der Waals surface area contributed by atoms with Gasteiger partial charge in [0.2, 0.25) is 5.75 Å². The average molecular weight is 677 g/mol. The van der Waals surface area contributed by atoms with Crippen LogP contribution in [0.4, 0.5) is 0 Å². The van der Waals surface area contributed by atoms with E-state index in [1.807, 2.05) is 6.92 Å². The Morgan fingerprint density at radius 2 is 1.53 bits per heavy atom. The fraction of sp³-hybridized carbons (Fsp3) is 0.471. The number of carboxylic acids is 1. The Bertz CT molecular complexity index is 1590. The Morgan fingerprint density at radius 3 is 2.02 bits per heavy atom. The summed E-state index contributed by atoms with van der Waals surface area (Å²) in [6.45, 7) is 2.99. The second kappa shape index (κ2) is 15.7. The van der Waals surface area contributed by atoms with Crippen LogP contribution in [0.1, 0.15) is 50.7 Å². The van der Waals surface area contributed by atoms with Crippen molar-refractivity contribution in [1.82, 2.24) is 0 Å². The monoisotopic (exact) mass is 676 g/mol. The number of aliphatic hydroxyl groups is 2. The molecule has 13 heteroatoms. The molecule has 47 heavy (non-hydrogen) atoms. The summed E-state index contributed by atoms with van der Waals surface area (Å²) in [4.78, 5) is 23.6. The van der Waals surface area contributed by atoms with Gasteiger partial charge >= 0.3 is 5.97 Å². The van der Waals surface area contributed by atoms with Crippen LogP contribution in [0.25, 0.3) is 0 Å². The molecule has 0 bridgehead atoms. The molecule has 0 saturated heterocycles. The smallest absolute Gasteiger partial charge is 0.334 e. The van der Waals surface area contributed by atoms with E-state index in [9.17, 15) is 33.3 Å². The molecule has 3 N–H and O–H groups in total. The van der Waals surface area contributed by atoms with Crippen molar-refractivity contribution >= 4 is 22.1 Å². The number of rotatable bonds is 18. The number of hydrogen-bond donors (Lipinski definition) is 3. The highest BCUT2D eigenvalue weighted by Gasteiger charge is 2.49. The number of methoxy groups -OCH3 is 4. The van der Waals surface area contributed by atoms with Crippen LogP contribution in [0.5, 0.6) is 28.7 Å². The molecule has 2 aromatic carbocycles. The summed E-state index contributed by atoms with van der Waals surface area (Å²) in [6.07, 6.45) is 5.53. The van der Waals surface area contributed by atoms with Crippen LogP contribution in [0, 0.1) is 0 Å². The van der Waals surface area contributed by atoms with Gasteiger partial charge in [-0.1, -0.05) is 30.7 Å². The molecule has 0 aliphatic heterocycles. The Labute approximate surface area is 275 Å². The second-order valence-electron chi connectivity index (χ2n) is 11.2. The Balaban J connectivity index is 2.42. The van der Waals surface area contributed by atoms with Gasteiger partial charge in [-0.2, -0.15) is 0 Å². The minimum atomic E-state index is -4.16. The van der Waals surface area contributed by atoms with Gasteiger partial charge in [0.1, 0.15) is 11.2 Å². The van der Waals surface area contributed by atoms with Crippen molar-refractivity contribution in [1.29, 1.82) is 0 Å². The lowest BCUT2D eigenvalue weighted by Crippen LogP contribution is -2.47. The van der Waals surface area contributed by atoms with Gasteiger partial charge in [0.15, 0.2) is 38.9 Å². The number of carboxylic acid groups (broad SMARTS) is 1. The molecule has 0 fully saturated rings. The molecule has 0 amide bonds. The standard InChI is InChI=1S/C34H44O12S/c1-7-15-46-30-27(44-5)19-24(20-28(30)47(40,41)16-14-36)34(31(37)32(38)39)12-11-33(21-22(34)2,10-8-9-13-35)23-17-25(42-3)29(45-6)26(18-23)43-4/h11-13,17-21,31,36-37H,7-10,14-16H2,1-6H3,(H,38,39)/t31-,33?,34+/m0/s1. The first-order valence-corrected chi connectivity index (χ1v) is 16.8. The first kappa shape index (κ1) is 37.4. The summed E-state index contributed by atoms with van der Waals surface area (Å²) in [5.41, 5.74) is -1.55. The van der Waals surface area contributed by atoms with Gasteiger partial charge in [-0.25, -0.2) is 13.2 Å². The van der Waals surface area contributed by atoms with Crippen LogP contribution < -0.4 is 23.7 Å². The molecule has 0 aromatic heterocycles. The maximum Gasteiger partial charge on any atom is 0.334 e. The first-order valence-electron chi connectivity index (χ1n) is 15.1. The van der Waals surface area contributed by atoms with E-state index in [2.05, 4.69) is 0 Å². The number of hydrogen-bond acceptors (Lipinski definition) is 11. The predicted molar refractivity (Wildman–Crippen MR) is 174 cm³/mol. The van der Waals surface area contributed by atoms with Crippen LogP contribution in [0.3, 0.4) is 0 Å². The topological polar surface area (TPSA) is 175 Å². The predicted octanol–water partition coefficient (Wildman–Crippen LogP) is 3.78. The quantitative estimate of drug-likeness (QED) is 0.119. The fourth-order valence-corrected chi connectivity index (χ4v) is 7.24. The summed E-state index contributed by atoms with van der Waals surface area (Å²) in [5.74, 6) is -1.11. The molecule has 1 aliphatic carbocycles. The lowest BCUT2D eigenvalue weighted by atomic mass is 9.61. The first-order chi connectivity index (χ1) is 22.4. The lowest BCUT2D eigenvalue weighted by Gasteiger charge is -2.43. The van der Waals surface area contributed by atoms with Gasteiger partial charge in [-0.15, -0.1) is 0 Å². The molecule has 258 valence electrons. The van der Waals surface area contributed by atoms with Crippen LogP contribution >= 0.6 is 0 Å². The third-order valence-electron chi connectivity index (χ3n) is 8.41. The zero-order valence-electron chi connectivity index (χ0n) is 27.6. The molecule has 0 heterocycles. The van der Waals surface area contributed by atoms with Crippen molar-refractivity contribution in [3.8, 4) is 28.7 Å². The highest BCUT2D eigenvalue weighted by atomic mass is 32.2. The highest BCUT2D eigenvalue weighted by Crippen LogP contribution is 2.51. The number of aliphatic carboxylic acids is 1. The van der Waals surface area contributed by atoms with Crippen molar-refractivity contribution in [3.05, 3.63) is 59.2 Å².